The second-order valence-electron chi connectivity index (χ2n) is 7.31. The first-order valence-corrected chi connectivity index (χ1v) is 9.43. The quantitative estimate of drug-likeness (QED) is 0.568. The minimum atomic E-state index is -0.222. The Bertz CT molecular complexity index is 1190. The zero-order valence-electron chi connectivity index (χ0n) is 17.0. The summed E-state index contributed by atoms with van der Waals surface area (Å²) < 4.78 is 1.68. The molecule has 6 heteroatoms. The molecule has 0 aliphatic rings. The average Bonchev–Trinajstić information content (AvgIpc) is 3.13. The van der Waals surface area contributed by atoms with E-state index >= 15 is 0 Å². The molecule has 0 saturated heterocycles. The summed E-state index contributed by atoms with van der Waals surface area (Å²) in [6.45, 7) is 3.85. The van der Waals surface area contributed by atoms with Crippen LogP contribution in [0.25, 0.3) is 16.8 Å². The summed E-state index contributed by atoms with van der Waals surface area (Å²) in [5.74, 6) is -0.222. The molecule has 0 fully saturated rings. The van der Waals surface area contributed by atoms with Gasteiger partial charge in [-0.25, -0.2) is 9.50 Å². The van der Waals surface area contributed by atoms with Gasteiger partial charge in [0.15, 0.2) is 5.65 Å². The molecule has 4 rings (SSSR count). The molecule has 0 spiro atoms. The molecule has 0 aliphatic heterocycles. The summed E-state index contributed by atoms with van der Waals surface area (Å²) in [5.41, 5.74) is 6.92. The molecule has 2 heterocycles. The van der Waals surface area contributed by atoms with Gasteiger partial charge < -0.3 is 10.2 Å². The van der Waals surface area contributed by atoms with Crippen LogP contribution in [0.3, 0.4) is 0 Å². The molecule has 0 atom stereocenters. The number of rotatable bonds is 4. The van der Waals surface area contributed by atoms with Gasteiger partial charge in [0.05, 0.1) is 6.20 Å². The van der Waals surface area contributed by atoms with Gasteiger partial charge >= 0.3 is 0 Å². The summed E-state index contributed by atoms with van der Waals surface area (Å²) in [6, 6.07) is 18.1. The molecule has 2 aromatic carbocycles. The smallest absolute Gasteiger partial charge is 0.261 e. The average molecular weight is 385 g/mol. The Labute approximate surface area is 169 Å². The van der Waals surface area contributed by atoms with Crippen molar-refractivity contribution < 1.29 is 4.79 Å². The van der Waals surface area contributed by atoms with Crippen molar-refractivity contribution in [2.75, 3.05) is 24.3 Å². The van der Waals surface area contributed by atoms with Crippen molar-refractivity contribution >= 4 is 22.9 Å². The number of benzene rings is 2. The van der Waals surface area contributed by atoms with Crippen molar-refractivity contribution in [1.82, 2.24) is 14.6 Å². The summed E-state index contributed by atoms with van der Waals surface area (Å²) in [5, 5.41) is 7.23. The molecule has 0 aliphatic carbocycles. The minimum absolute atomic E-state index is 0.222. The van der Waals surface area contributed by atoms with Crippen LogP contribution in [0.4, 0.5) is 11.4 Å². The SMILES string of the molecule is Cc1cc(C)n2ncc(C(=O)Nc3ccc(-c4cccc(N(C)C)c4)cc3)c2n1. The fraction of sp³-hybridized carbons (Fsp3) is 0.174. The molecule has 29 heavy (non-hydrogen) atoms. The van der Waals surface area contributed by atoms with E-state index in [-0.39, 0.29) is 5.91 Å². The molecule has 0 saturated carbocycles. The molecule has 2 aromatic heterocycles. The number of carbonyl (C=O) groups is 1. The highest BCUT2D eigenvalue weighted by Gasteiger charge is 2.15. The van der Waals surface area contributed by atoms with E-state index in [9.17, 15) is 4.79 Å². The van der Waals surface area contributed by atoms with Crippen LogP contribution in [0.15, 0.2) is 60.8 Å². The number of carbonyl (C=O) groups excluding carboxylic acids is 1. The number of anilines is 2. The number of fused-ring (bicyclic) bond motifs is 1. The molecule has 0 bridgehead atoms. The van der Waals surface area contributed by atoms with E-state index < -0.39 is 0 Å². The summed E-state index contributed by atoms with van der Waals surface area (Å²) in [4.78, 5) is 19.3. The Balaban J connectivity index is 1.56. The number of aromatic nitrogens is 3. The Kier molecular flexibility index (Phi) is 4.76. The number of nitrogens with one attached hydrogen (secondary N) is 1. The van der Waals surface area contributed by atoms with E-state index in [1.54, 1.807) is 10.7 Å². The third kappa shape index (κ3) is 3.69. The second-order valence-corrected chi connectivity index (χ2v) is 7.31. The standard InChI is InChI=1S/C23H23N5O/c1-15-12-16(2)28-22(25-15)21(14-24-28)23(29)26-19-10-8-17(9-11-19)18-6-5-7-20(13-18)27(3)4/h5-14H,1-4H3,(H,26,29). The van der Waals surface area contributed by atoms with Crippen molar-refractivity contribution in [3.05, 3.63) is 77.7 Å². The van der Waals surface area contributed by atoms with Crippen LogP contribution >= 0.6 is 0 Å². The molecular weight excluding hydrogens is 362 g/mol. The lowest BCUT2D eigenvalue weighted by Crippen LogP contribution is -2.12. The van der Waals surface area contributed by atoms with Crippen LogP contribution in [0.2, 0.25) is 0 Å². The Hall–Kier alpha value is -3.67. The van der Waals surface area contributed by atoms with Crippen molar-refractivity contribution in [3.8, 4) is 11.1 Å². The molecule has 6 nitrogen and oxygen atoms in total. The summed E-state index contributed by atoms with van der Waals surface area (Å²) >= 11 is 0. The van der Waals surface area contributed by atoms with Crippen LogP contribution in [0.1, 0.15) is 21.7 Å². The van der Waals surface area contributed by atoms with Gasteiger partial charge in [-0.15, -0.1) is 0 Å². The lowest BCUT2D eigenvalue weighted by molar-refractivity contribution is 0.102. The summed E-state index contributed by atoms with van der Waals surface area (Å²) in [6.07, 6.45) is 1.56. The maximum atomic E-state index is 12.8. The van der Waals surface area contributed by atoms with E-state index in [1.807, 2.05) is 64.3 Å². The number of aryl methyl sites for hydroxylation is 2. The van der Waals surface area contributed by atoms with Gasteiger partial charge in [-0.1, -0.05) is 24.3 Å². The van der Waals surface area contributed by atoms with E-state index in [0.29, 0.717) is 11.2 Å². The first-order chi connectivity index (χ1) is 13.9. The fourth-order valence-electron chi connectivity index (χ4n) is 3.34. The Morgan fingerprint density at radius 1 is 1.00 bits per heavy atom. The van der Waals surface area contributed by atoms with Crippen LogP contribution in [-0.2, 0) is 0 Å². The Morgan fingerprint density at radius 2 is 1.76 bits per heavy atom. The fourth-order valence-corrected chi connectivity index (χ4v) is 3.34. The monoisotopic (exact) mass is 385 g/mol. The van der Waals surface area contributed by atoms with Gasteiger partial charge in [0, 0.05) is 36.9 Å². The van der Waals surface area contributed by atoms with Crippen LogP contribution in [-0.4, -0.2) is 34.6 Å². The van der Waals surface area contributed by atoms with Crippen molar-refractivity contribution in [2.24, 2.45) is 0 Å². The zero-order chi connectivity index (χ0) is 20.5. The highest BCUT2D eigenvalue weighted by molar-refractivity contribution is 6.08. The van der Waals surface area contributed by atoms with E-state index in [1.165, 1.54) is 0 Å². The molecular formula is C23H23N5O. The zero-order valence-corrected chi connectivity index (χ0v) is 17.0. The largest absolute Gasteiger partial charge is 0.378 e. The Morgan fingerprint density at radius 3 is 2.48 bits per heavy atom. The number of hydrogen-bond donors (Lipinski definition) is 1. The molecule has 0 unspecified atom stereocenters. The lowest BCUT2D eigenvalue weighted by atomic mass is 10.0. The van der Waals surface area contributed by atoms with E-state index in [4.69, 9.17) is 0 Å². The molecule has 146 valence electrons. The molecule has 0 radical (unpaired) electrons. The first-order valence-electron chi connectivity index (χ1n) is 9.43. The number of amides is 1. The third-order valence-corrected chi connectivity index (χ3v) is 4.86. The first kappa shape index (κ1) is 18.7. The third-order valence-electron chi connectivity index (χ3n) is 4.86. The van der Waals surface area contributed by atoms with Gasteiger partial charge in [0.2, 0.25) is 0 Å². The van der Waals surface area contributed by atoms with Crippen LogP contribution in [0, 0.1) is 13.8 Å². The molecule has 1 N–H and O–H groups in total. The maximum absolute atomic E-state index is 12.8. The van der Waals surface area contributed by atoms with Crippen molar-refractivity contribution in [1.29, 1.82) is 0 Å². The maximum Gasteiger partial charge on any atom is 0.261 e. The van der Waals surface area contributed by atoms with Crippen LogP contribution < -0.4 is 10.2 Å². The van der Waals surface area contributed by atoms with Gasteiger partial charge in [0.1, 0.15) is 5.56 Å². The van der Waals surface area contributed by atoms with Crippen LogP contribution in [0.5, 0.6) is 0 Å². The van der Waals surface area contributed by atoms with Gasteiger partial charge in [-0.2, -0.15) is 5.10 Å². The van der Waals surface area contributed by atoms with E-state index in [2.05, 4.69) is 38.5 Å². The normalized spacial score (nSPS) is 10.9. The highest BCUT2D eigenvalue weighted by Crippen LogP contribution is 2.25. The van der Waals surface area contributed by atoms with Crippen molar-refractivity contribution in [3.63, 3.8) is 0 Å². The predicted octanol–water partition coefficient (Wildman–Crippen LogP) is 4.33. The van der Waals surface area contributed by atoms with Gasteiger partial charge in [-0.05, 0) is 55.3 Å². The highest BCUT2D eigenvalue weighted by atomic mass is 16.1. The van der Waals surface area contributed by atoms with Gasteiger partial charge in [-0.3, -0.25) is 4.79 Å². The van der Waals surface area contributed by atoms with Gasteiger partial charge in [0.25, 0.3) is 5.91 Å². The lowest BCUT2D eigenvalue weighted by Gasteiger charge is -2.14. The number of hydrogen-bond acceptors (Lipinski definition) is 4. The molecule has 1 amide bonds. The predicted molar refractivity (Wildman–Crippen MR) is 117 cm³/mol. The van der Waals surface area contributed by atoms with Crippen molar-refractivity contribution in [2.45, 2.75) is 13.8 Å². The number of nitrogens with zero attached hydrogens (tertiary/aromatic N) is 4. The topological polar surface area (TPSA) is 62.5 Å². The molecule has 4 aromatic rings. The van der Waals surface area contributed by atoms with E-state index in [0.717, 1.165) is 33.9 Å². The second kappa shape index (κ2) is 7.39. The summed E-state index contributed by atoms with van der Waals surface area (Å²) in [7, 11) is 4.05. The minimum Gasteiger partial charge on any atom is -0.378 e.